The molecule has 0 saturated carbocycles. The van der Waals surface area contributed by atoms with Crippen molar-refractivity contribution in [2.45, 2.75) is 27.3 Å². The largest absolute Gasteiger partial charge is 0.312 e. The number of hydrogen-bond acceptors (Lipinski definition) is 2. The second kappa shape index (κ2) is 6.22. The predicted molar refractivity (Wildman–Crippen MR) is 79.9 cm³/mol. The third-order valence-electron chi connectivity index (χ3n) is 2.87. The fourth-order valence-corrected chi connectivity index (χ4v) is 2.11. The smallest absolute Gasteiger partial charge is 0.0705 e. The molecular formula is C15H20ClN3. The molecule has 0 radical (unpaired) electrons. The highest BCUT2D eigenvalue weighted by Crippen LogP contribution is 2.20. The zero-order valence-corrected chi connectivity index (χ0v) is 12.4. The number of aryl methyl sites for hydroxylation is 1. The van der Waals surface area contributed by atoms with E-state index in [0.29, 0.717) is 5.92 Å². The first kappa shape index (κ1) is 14.1. The van der Waals surface area contributed by atoms with Crippen LogP contribution in [0.15, 0.2) is 30.6 Å². The molecule has 2 aromatic rings. The molecule has 2 rings (SSSR count). The Morgan fingerprint density at radius 3 is 2.79 bits per heavy atom. The summed E-state index contributed by atoms with van der Waals surface area (Å²) in [4.78, 5) is 0. The van der Waals surface area contributed by atoms with Crippen molar-refractivity contribution in [3.63, 3.8) is 0 Å². The fraction of sp³-hybridized carbons (Fsp3) is 0.400. The van der Waals surface area contributed by atoms with Crippen molar-refractivity contribution in [2.75, 3.05) is 6.54 Å². The predicted octanol–water partition coefficient (Wildman–Crippen LogP) is 3.58. The van der Waals surface area contributed by atoms with Gasteiger partial charge in [0.1, 0.15) is 0 Å². The van der Waals surface area contributed by atoms with E-state index in [4.69, 9.17) is 11.6 Å². The molecule has 0 aliphatic carbocycles. The normalized spacial score (nSPS) is 11.2. The summed E-state index contributed by atoms with van der Waals surface area (Å²) in [6.45, 7) is 8.26. The van der Waals surface area contributed by atoms with Crippen molar-refractivity contribution >= 4 is 11.6 Å². The Labute approximate surface area is 119 Å². The Kier molecular flexibility index (Phi) is 4.61. The number of nitrogens with zero attached hydrogens (tertiary/aromatic N) is 2. The molecule has 0 amide bonds. The van der Waals surface area contributed by atoms with Crippen LogP contribution >= 0.6 is 11.6 Å². The molecule has 0 spiro atoms. The molecule has 1 aromatic carbocycles. The lowest BCUT2D eigenvalue weighted by molar-refractivity contribution is 0.551. The number of rotatable bonds is 5. The molecule has 0 aliphatic rings. The molecule has 0 unspecified atom stereocenters. The third kappa shape index (κ3) is 3.82. The van der Waals surface area contributed by atoms with Crippen LogP contribution in [0.25, 0.3) is 5.69 Å². The summed E-state index contributed by atoms with van der Waals surface area (Å²) in [6.07, 6.45) is 3.86. The van der Waals surface area contributed by atoms with Crippen LogP contribution in [-0.4, -0.2) is 16.3 Å². The summed E-state index contributed by atoms with van der Waals surface area (Å²) in [5, 5.41) is 8.55. The molecule has 19 heavy (non-hydrogen) atoms. The fourth-order valence-electron chi connectivity index (χ4n) is 1.94. The lowest BCUT2D eigenvalue weighted by Crippen LogP contribution is -2.20. The van der Waals surface area contributed by atoms with E-state index in [0.717, 1.165) is 29.4 Å². The SMILES string of the molecule is Cc1cnn(-c2cc(Cl)ccc2CNCC(C)C)c1. The highest BCUT2D eigenvalue weighted by molar-refractivity contribution is 6.30. The highest BCUT2D eigenvalue weighted by Gasteiger charge is 2.07. The highest BCUT2D eigenvalue weighted by atomic mass is 35.5. The van der Waals surface area contributed by atoms with Gasteiger partial charge in [-0.2, -0.15) is 5.10 Å². The monoisotopic (exact) mass is 277 g/mol. The van der Waals surface area contributed by atoms with Gasteiger partial charge < -0.3 is 5.32 Å². The Morgan fingerprint density at radius 1 is 1.37 bits per heavy atom. The number of nitrogens with one attached hydrogen (secondary N) is 1. The maximum atomic E-state index is 6.10. The van der Waals surface area contributed by atoms with Crippen LogP contribution in [0.2, 0.25) is 5.02 Å². The summed E-state index contributed by atoms with van der Waals surface area (Å²) in [5.41, 5.74) is 3.38. The minimum absolute atomic E-state index is 0.641. The first-order valence-electron chi connectivity index (χ1n) is 6.57. The topological polar surface area (TPSA) is 29.9 Å². The lowest BCUT2D eigenvalue weighted by atomic mass is 10.1. The zero-order valence-electron chi connectivity index (χ0n) is 11.7. The summed E-state index contributed by atoms with van der Waals surface area (Å²) < 4.78 is 1.88. The average molecular weight is 278 g/mol. The van der Waals surface area contributed by atoms with Crippen LogP contribution in [0.4, 0.5) is 0 Å². The van der Waals surface area contributed by atoms with Crippen LogP contribution in [0.5, 0.6) is 0 Å². The van der Waals surface area contributed by atoms with Gasteiger partial charge in [0, 0.05) is 17.8 Å². The van der Waals surface area contributed by atoms with Crippen LogP contribution in [0.3, 0.4) is 0 Å². The van der Waals surface area contributed by atoms with Crippen molar-refractivity contribution in [3.8, 4) is 5.69 Å². The van der Waals surface area contributed by atoms with Crippen molar-refractivity contribution in [1.29, 1.82) is 0 Å². The zero-order chi connectivity index (χ0) is 13.8. The molecule has 102 valence electrons. The Morgan fingerprint density at radius 2 is 2.16 bits per heavy atom. The van der Waals surface area contributed by atoms with Crippen LogP contribution in [0.1, 0.15) is 25.0 Å². The summed E-state index contributed by atoms with van der Waals surface area (Å²) in [5.74, 6) is 0.641. The number of hydrogen-bond donors (Lipinski definition) is 1. The quantitative estimate of drug-likeness (QED) is 0.905. The number of aromatic nitrogens is 2. The standard InChI is InChI=1S/C15H20ClN3/c1-11(2)7-17-9-13-4-5-14(16)6-15(13)19-10-12(3)8-18-19/h4-6,8,10-11,17H,7,9H2,1-3H3. The Hall–Kier alpha value is -1.32. The minimum atomic E-state index is 0.641. The molecule has 1 heterocycles. The van der Waals surface area contributed by atoms with Gasteiger partial charge in [-0.1, -0.05) is 31.5 Å². The van der Waals surface area contributed by atoms with E-state index in [1.807, 2.05) is 36.1 Å². The van der Waals surface area contributed by atoms with E-state index in [1.165, 1.54) is 5.56 Å². The van der Waals surface area contributed by atoms with Gasteiger partial charge in [0.25, 0.3) is 0 Å². The molecule has 0 saturated heterocycles. The molecule has 0 atom stereocenters. The molecule has 1 aromatic heterocycles. The summed E-state index contributed by atoms with van der Waals surface area (Å²) >= 11 is 6.10. The van der Waals surface area contributed by atoms with Gasteiger partial charge >= 0.3 is 0 Å². The van der Waals surface area contributed by atoms with Gasteiger partial charge in [0.15, 0.2) is 0 Å². The van der Waals surface area contributed by atoms with Crippen LogP contribution in [0, 0.1) is 12.8 Å². The van der Waals surface area contributed by atoms with Crippen LogP contribution < -0.4 is 5.32 Å². The minimum Gasteiger partial charge on any atom is -0.312 e. The molecule has 1 N–H and O–H groups in total. The summed E-state index contributed by atoms with van der Waals surface area (Å²) in [6, 6.07) is 5.94. The van der Waals surface area contributed by atoms with Crippen molar-refractivity contribution in [2.24, 2.45) is 5.92 Å². The summed E-state index contributed by atoms with van der Waals surface area (Å²) in [7, 11) is 0. The maximum Gasteiger partial charge on any atom is 0.0705 e. The van der Waals surface area contributed by atoms with Crippen molar-refractivity contribution in [1.82, 2.24) is 15.1 Å². The van der Waals surface area contributed by atoms with E-state index < -0.39 is 0 Å². The number of halogens is 1. The average Bonchev–Trinajstić information content (AvgIpc) is 2.77. The first-order chi connectivity index (χ1) is 9.06. The van der Waals surface area contributed by atoms with Gasteiger partial charge in [-0.3, -0.25) is 0 Å². The second-order valence-electron chi connectivity index (χ2n) is 5.26. The van der Waals surface area contributed by atoms with Crippen molar-refractivity contribution < 1.29 is 0 Å². The lowest BCUT2D eigenvalue weighted by Gasteiger charge is -2.12. The molecule has 0 aliphatic heterocycles. The first-order valence-corrected chi connectivity index (χ1v) is 6.95. The van der Waals surface area contributed by atoms with E-state index >= 15 is 0 Å². The maximum absolute atomic E-state index is 6.10. The molecule has 4 heteroatoms. The Balaban J connectivity index is 2.23. The van der Waals surface area contributed by atoms with E-state index in [9.17, 15) is 0 Å². The van der Waals surface area contributed by atoms with Gasteiger partial charge in [0.2, 0.25) is 0 Å². The second-order valence-corrected chi connectivity index (χ2v) is 5.70. The Bertz CT molecular complexity index is 546. The van der Waals surface area contributed by atoms with Gasteiger partial charge in [0.05, 0.1) is 11.9 Å². The molecule has 0 bridgehead atoms. The third-order valence-corrected chi connectivity index (χ3v) is 3.11. The van der Waals surface area contributed by atoms with Gasteiger partial charge in [-0.25, -0.2) is 4.68 Å². The van der Waals surface area contributed by atoms with E-state index in [2.05, 4.69) is 30.3 Å². The molecule has 0 fully saturated rings. The molecular weight excluding hydrogens is 258 g/mol. The van der Waals surface area contributed by atoms with E-state index in [1.54, 1.807) is 0 Å². The van der Waals surface area contributed by atoms with Gasteiger partial charge in [-0.15, -0.1) is 0 Å². The number of benzene rings is 1. The van der Waals surface area contributed by atoms with Gasteiger partial charge in [-0.05, 0) is 42.6 Å². The van der Waals surface area contributed by atoms with Crippen LogP contribution in [-0.2, 0) is 6.54 Å². The molecule has 3 nitrogen and oxygen atoms in total. The van der Waals surface area contributed by atoms with E-state index in [-0.39, 0.29) is 0 Å². The van der Waals surface area contributed by atoms with Crippen molar-refractivity contribution in [3.05, 3.63) is 46.7 Å².